The molecule has 1 unspecified atom stereocenters. The smallest absolute Gasteiger partial charge is 0.303 e. The van der Waals surface area contributed by atoms with E-state index in [1.54, 1.807) is 0 Å². The fraction of sp³-hybridized carbons (Fsp3) is 0.483. The first-order valence-electron chi connectivity index (χ1n) is 12.6. The van der Waals surface area contributed by atoms with E-state index in [4.69, 9.17) is 15.2 Å². The molecule has 0 saturated heterocycles. The summed E-state index contributed by atoms with van der Waals surface area (Å²) < 4.78 is 11.2. The normalized spacial score (nSPS) is 25.0. The van der Waals surface area contributed by atoms with Gasteiger partial charge in [-0.15, -0.1) is 5.10 Å². The predicted octanol–water partition coefficient (Wildman–Crippen LogP) is 4.10. The second kappa shape index (κ2) is 9.95. The molecule has 2 aromatic rings. The summed E-state index contributed by atoms with van der Waals surface area (Å²) in [6.07, 6.45) is 3.21. The van der Waals surface area contributed by atoms with Crippen molar-refractivity contribution < 1.29 is 19.4 Å². The molecule has 1 aromatic carbocycles. The molecule has 0 spiro atoms. The molecule has 194 valence electrons. The Labute approximate surface area is 217 Å². The lowest BCUT2D eigenvalue weighted by molar-refractivity contribution is -0.158. The molecule has 1 atom stereocenters. The molecule has 2 heterocycles. The number of nitrogens with two attached hydrogens (primary N) is 1. The number of aryl methyl sites for hydroxylation is 1. The zero-order chi connectivity index (χ0) is 27.0. The number of aliphatic hydroxyl groups excluding tert-OH is 1. The van der Waals surface area contributed by atoms with Crippen LogP contribution in [0.3, 0.4) is 0 Å². The summed E-state index contributed by atoms with van der Waals surface area (Å²) in [5, 5.41) is 27.6. The highest BCUT2D eigenvalue weighted by Crippen LogP contribution is 2.52. The molecule has 4 N–H and O–H groups in total. The maximum absolute atomic E-state index is 11.4. The molecule has 1 saturated carbocycles. The van der Waals surface area contributed by atoms with Crippen LogP contribution >= 0.6 is 0 Å². The lowest BCUT2D eigenvalue weighted by atomic mass is 9.61. The minimum atomic E-state index is -0.929. The molecule has 1 aliphatic heterocycles. The van der Waals surface area contributed by atoms with E-state index < -0.39 is 11.0 Å². The number of carbonyl (C=O) groups excluding carboxylic acids is 1. The van der Waals surface area contributed by atoms with E-state index in [2.05, 4.69) is 28.1 Å². The lowest BCUT2D eigenvalue weighted by Gasteiger charge is -2.41. The van der Waals surface area contributed by atoms with Crippen molar-refractivity contribution in [3.8, 4) is 23.8 Å². The van der Waals surface area contributed by atoms with E-state index in [-0.39, 0.29) is 30.3 Å². The van der Waals surface area contributed by atoms with E-state index in [1.807, 2.05) is 45.9 Å². The second-order valence-electron chi connectivity index (χ2n) is 10.6. The number of hydrogen-bond acceptors (Lipinski definition) is 7. The molecular weight excluding hydrogens is 468 g/mol. The molecule has 8 nitrogen and oxygen atoms in total. The number of nitrogens with zero attached hydrogens (tertiary/aromatic N) is 2. The highest BCUT2D eigenvalue weighted by Gasteiger charge is 2.50. The average molecular weight is 503 g/mol. The number of nitrogens with one attached hydrogen (secondary N) is 1. The molecule has 1 aromatic heterocycles. The first-order valence-corrected chi connectivity index (χ1v) is 12.6. The largest absolute Gasteiger partial charge is 0.460 e. The van der Waals surface area contributed by atoms with Gasteiger partial charge in [0.2, 0.25) is 11.8 Å². The maximum atomic E-state index is 11.4. The Morgan fingerprint density at radius 3 is 2.65 bits per heavy atom. The molecule has 0 radical (unpaired) electrons. The Morgan fingerprint density at radius 2 is 2.05 bits per heavy atom. The van der Waals surface area contributed by atoms with Gasteiger partial charge in [-0.25, -0.2) is 0 Å². The van der Waals surface area contributed by atoms with Crippen LogP contribution in [0.5, 0.6) is 5.88 Å². The SMILES string of the molecule is CC(=O)OC1(C)CCC(C#Cc2cc(CO)cc(C3(C(C)C)C(C#N)=C(N)Oc4n[nH]c(C)c43)c2)CC1. The van der Waals surface area contributed by atoms with Crippen molar-refractivity contribution >= 4 is 5.97 Å². The molecule has 1 fully saturated rings. The van der Waals surface area contributed by atoms with Gasteiger partial charge in [0.25, 0.3) is 0 Å². The summed E-state index contributed by atoms with van der Waals surface area (Å²) in [6, 6.07) is 8.05. The fourth-order valence-electron chi connectivity index (χ4n) is 5.85. The number of carbonyl (C=O) groups is 1. The van der Waals surface area contributed by atoms with Gasteiger partial charge in [0, 0.05) is 24.1 Å². The van der Waals surface area contributed by atoms with Gasteiger partial charge in [-0.2, -0.15) is 5.26 Å². The molecular formula is C29H34N4O4. The first-order chi connectivity index (χ1) is 17.5. The van der Waals surface area contributed by atoms with Gasteiger partial charge in [-0.1, -0.05) is 31.8 Å². The van der Waals surface area contributed by atoms with Crippen molar-refractivity contribution in [2.45, 2.75) is 77.9 Å². The van der Waals surface area contributed by atoms with Crippen LogP contribution < -0.4 is 10.5 Å². The number of hydrogen-bond donors (Lipinski definition) is 3. The van der Waals surface area contributed by atoms with Crippen LogP contribution in [0.2, 0.25) is 0 Å². The minimum Gasteiger partial charge on any atom is -0.460 e. The number of nitriles is 1. The number of aromatic nitrogens is 2. The van der Waals surface area contributed by atoms with E-state index >= 15 is 0 Å². The number of allylic oxidation sites excluding steroid dienone is 1. The summed E-state index contributed by atoms with van der Waals surface area (Å²) >= 11 is 0. The van der Waals surface area contributed by atoms with Crippen molar-refractivity contribution in [3.63, 3.8) is 0 Å². The van der Waals surface area contributed by atoms with Crippen molar-refractivity contribution in [1.82, 2.24) is 10.2 Å². The van der Waals surface area contributed by atoms with Crippen molar-refractivity contribution in [2.24, 2.45) is 17.6 Å². The van der Waals surface area contributed by atoms with Gasteiger partial charge >= 0.3 is 5.97 Å². The second-order valence-corrected chi connectivity index (χ2v) is 10.6. The van der Waals surface area contributed by atoms with Crippen LogP contribution in [0.25, 0.3) is 0 Å². The lowest BCUT2D eigenvalue weighted by Crippen LogP contribution is -2.41. The topological polar surface area (TPSA) is 134 Å². The van der Waals surface area contributed by atoms with Gasteiger partial charge in [0.05, 0.1) is 17.6 Å². The molecule has 2 aliphatic rings. The van der Waals surface area contributed by atoms with Gasteiger partial charge in [-0.05, 0) is 68.7 Å². The number of ether oxygens (including phenoxy) is 2. The number of rotatable bonds is 4. The van der Waals surface area contributed by atoms with Gasteiger partial charge in [-0.3, -0.25) is 9.89 Å². The molecule has 37 heavy (non-hydrogen) atoms. The Bertz CT molecular complexity index is 1350. The van der Waals surface area contributed by atoms with E-state index in [9.17, 15) is 15.2 Å². The molecule has 0 bridgehead atoms. The third-order valence-electron chi connectivity index (χ3n) is 7.62. The highest BCUT2D eigenvalue weighted by atomic mass is 16.6. The molecule has 0 amide bonds. The Hall–Kier alpha value is -3.75. The Morgan fingerprint density at radius 1 is 1.35 bits per heavy atom. The van der Waals surface area contributed by atoms with Crippen LogP contribution in [-0.2, 0) is 21.6 Å². The number of aromatic amines is 1. The van der Waals surface area contributed by atoms with Crippen LogP contribution in [0.15, 0.2) is 29.7 Å². The van der Waals surface area contributed by atoms with E-state index in [0.29, 0.717) is 17.0 Å². The van der Waals surface area contributed by atoms with Gasteiger partial charge in [0.15, 0.2) is 0 Å². The summed E-state index contributed by atoms with van der Waals surface area (Å²) in [4.78, 5) is 11.4. The van der Waals surface area contributed by atoms with E-state index in [1.165, 1.54) is 6.92 Å². The maximum Gasteiger partial charge on any atom is 0.303 e. The number of benzene rings is 1. The zero-order valence-corrected chi connectivity index (χ0v) is 22.1. The first kappa shape index (κ1) is 26.3. The fourth-order valence-corrected chi connectivity index (χ4v) is 5.85. The third kappa shape index (κ3) is 4.70. The number of H-pyrrole nitrogens is 1. The number of aliphatic hydroxyl groups is 1. The Kier molecular flexibility index (Phi) is 7.08. The number of fused-ring (bicyclic) bond motifs is 1. The molecule has 4 rings (SSSR count). The van der Waals surface area contributed by atoms with Crippen LogP contribution in [0.1, 0.15) is 81.3 Å². The third-order valence-corrected chi connectivity index (χ3v) is 7.62. The monoisotopic (exact) mass is 502 g/mol. The van der Waals surface area contributed by atoms with Crippen LogP contribution in [0, 0.1) is 41.9 Å². The number of esters is 1. The van der Waals surface area contributed by atoms with Gasteiger partial charge < -0.3 is 20.3 Å². The summed E-state index contributed by atoms with van der Waals surface area (Å²) in [5.41, 5.74) is 9.00. The Balaban J connectivity index is 1.77. The predicted molar refractivity (Wildman–Crippen MR) is 138 cm³/mol. The van der Waals surface area contributed by atoms with E-state index in [0.717, 1.165) is 48.1 Å². The van der Waals surface area contributed by atoms with Crippen LogP contribution in [0.4, 0.5) is 0 Å². The minimum absolute atomic E-state index is 0.0234. The summed E-state index contributed by atoms with van der Waals surface area (Å²) in [6.45, 7) is 9.21. The quantitative estimate of drug-likeness (QED) is 0.423. The van der Waals surface area contributed by atoms with Gasteiger partial charge in [0.1, 0.15) is 17.2 Å². The van der Waals surface area contributed by atoms with Crippen molar-refractivity contribution in [3.05, 3.63) is 57.6 Å². The average Bonchev–Trinajstić information content (AvgIpc) is 3.21. The standard InChI is InChI=1S/C29H34N4O4/c1-17(2)29(24(15-30)26(31)36-27-25(29)18(3)32-33-27)23-13-21(12-22(14-23)16-34)7-6-20-8-10-28(5,11-9-20)37-19(4)35/h12-14,17,20,34H,8-11,16,31H2,1-5H3,(H,32,33). The molecule has 8 heteroatoms. The molecule has 1 aliphatic carbocycles. The van der Waals surface area contributed by atoms with Crippen molar-refractivity contribution in [1.29, 1.82) is 5.26 Å². The van der Waals surface area contributed by atoms with Crippen molar-refractivity contribution in [2.75, 3.05) is 0 Å². The zero-order valence-electron chi connectivity index (χ0n) is 22.1. The highest BCUT2D eigenvalue weighted by molar-refractivity contribution is 5.66. The van der Waals surface area contributed by atoms with Crippen LogP contribution in [-0.4, -0.2) is 26.9 Å². The summed E-state index contributed by atoms with van der Waals surface area (Å²) in [5.74, 6) is 6.92. The summed E-state index contributed by atoms with van der Waals surface area (Å²) in [7, 11) is 0.